The fourth-order valence-corrected chi connectivity index (χ4v) is 2.54. The lowest BCUT2D eigenvalue weighted by Gasteiger charge is -2.25. The Balaban J connectivity index is 1.51. The normalized spacial score (nSPS) is 14.3. The molecule has 1 aromatic heterocycles. The molecule has 0 unspecified atom stereocenters. The summed E-state index contributed by atoms with van der Waals surface area (Å²) in [5, 5.41) is 7.88. The number of benzene rings is 1. The van der Waals surface area contributed by atoms with Gasteiger partial charge in [0.2, 0.25) is 0 Å². The molecule has 0 bridgehead atoms. The quantitative estimate of drug-likeness (QED) is 0.881. The number of nitrogens with zero attached hydrogens (tertiary/aromatic N) is 2. The molecule has 122 valence electrons. The van der Waals surface area contributed by atoms with E-state index in [1.165, 1.54) is 19.3 Å². The van der Waals surface area contributed by atoms with Crippen molar-refractivity contribution in [1.29, 1.82) is 0 Å². The summed E-state index contributed by atoms with van der Waals surface area (Å²) >= 11 is 5.98. The van der Waals surface area contributed by atoms with E-state index in [-0.39, 0.29) is 12.6 Å². The topological polar surface area (TPSA) is 56.1 Å². The largest absolute Gasteiger partial charge is 0.471 e. The molecule has 1 aromatic carbocycles. The van der Waals surface area contributed by atoms with Crippen LogP contribution in [-0.2, 0) is 6.73 Å². The van der Waals surface area contributed by atoms with Crippen molar-refractivity contribution in [2.45, 2.75) is 32.9 Å². The molecule has 1 heterocycles. The number of amides is 1. The van der Waals surface area contributed by atoms with Gasteiger partial charge in [-0.15, -0.1) is 0 Å². The molecule has 1 saturated carbocycles. The minimum atomic E-state index is -0.127. The van der Waals surface area contributed by atoms with Crippen LogP contribution in [0.3, 0.4) is 0 Å². The first-order valence-corrected chi connectivity index (χ1v) is 8.20. The van der Waals surface area contributed by atoms with Gasteiger partial charge in [0.05, 0.1) is 0 Å². The molecule has 6 heteroatoms. The highest BCUT2D eigenvalue weighted by Gasteiger charge is 2.19. The number of hydrogen-bond acceptors (Lipinski definition) is 3. The summed E-state index contributed by atoms with van der Waals surface area (Å²) in [5.41, 5.74) is 1.38. The second kappa shape index (κ2) is 7.04. The smallest absolute Gasteiger partial charge is 0.271 e. The van der Waals surface area contributed by atoms with Crippen LogP contribution in [0.2, 0.25) is 5.02 Å². The fraction of sp³-hybridized carbons (Fsp3) is 0.412. The molecular weight excluding hydrogens is 314 g/mol. The van der Waals surface area contributed by atoms with Gasteiger partial charge in [0, 0.05) is 17.8 Å². The van der Waals surface area contributed by atoms with Crippen LogP contribution in [0.1, 0.15) is 35.3 Å². The molecule has 0 atom stereocenters. The molecule has 1 aliphatic carbocycles. The second-order valence-corrected chi connectivity index (χ2v) is 6.34. The Bertz CT molecular complexity index is 695. The van der Waals surface area contributed by atoms with E-state index < -0.39 is 0 Å². The first-order valence-electron chi connectivity index (χ1n) is 7.82. The summed E-state index contributed by atoms with van der Waals surface area (Å²) in [4.78, 5) is 12.0. The van der Waals surface area contributed by atoms with Gasteiger partial charge in [0.15, 0.2) is 6.73 Å². The van der Waals surface area contributed by atoms with Crippen LogP contribution in [0, 0.1) is 12.8 Å². The van der Waals surface area contributed by atoms with Gasteiger partial charge in [-0.2, -0.15) is 5.10 Å². The van der Waals surface area contributed by atoms with Crippen molar-refractivity contribution in [3.63, 3.8) is 0 Å². The third kappa shape index (κ3) is 4.05. The summed E-state index contributed by atoms with van der Waals surface area (Å²) in [6.45, 7) is 2.91. The molecule has 1 aliphatic rings. The van der Waals surface area contributed by atoms with Crippen LogP contribution < -0.4 is 10.1 Å². The van der Waals surface area contributed by atoms with Gasteiger partial charge in [-0.05, 0) is 55.5 Å². The van der Waals surface area contributed by atoms with Crippen molar-refractivity contribution < 1.29 is 9.53 Å². The van der Waals surface area contributed by atoms with E-state index in [0.717, 1.165) is 17.9 Å². The van der Waals surface area contributed by atoms with E-state index >= 15 is 0 Å². The molecule has 3 rings (SSSR count). The molecule has 0 spiro atoms. The van der Waals surface area contributed by atoms with E-state index in [2.05, 4.69) is 10.4 Å². The number of carbonyl (C=O) groups excluding carboxylic acids is 1. The van der Waals surface area contributed by atoms with Crippen LogP contribution in [-0.4, -0.2) is 22.2 Å². The Labute approximate surface area is 140 Å². The molecule has 0 aliphatic heterocycles. The minimum absolute atomic E-state index is 0.127. The molecule has 23 heavy (non-hydrogen) atoms. The van der Waals surface area contributed by atoms with Gasteiger partial charge in [-0.25, -0.2) is 4.68 Å². The number of aryl methyl sites for hydroxylation is 1. The lowest BCUT2D eigenvalue weighted by Crippen LogP contribution is -2.32. The van der Waals surface area contributed by atoms with E-state index in [1.807, 2.05) is 19.1 Å². The summed E-state index contributed by atoms with van der Waals surface area (Å²) in [6.07, 6.45) is 5.43. The lowest BCUT2D eigenvalue weighted by molar-refractivity contribution is 0.0932. The van der Waals surface area contributed by atoms with Crippen molar-refractivity contribution in [2.24, 2.45) is 5.92 Å². The zero-order valence-corrected chi connectivity index (χ0v) is 13.8. The molecule has 0 saturated heterocycles. The van der Waals surface area contributed by atoms with Crippen LogP contribution in [0.4, 0.5) is 0 Å². The highest BCUT2D eigenvalue weighted by Crippen LogP contribution is 2.25. The molecule has 1 fully saturated rings. The standard InChI is InChI=1S/C17H20ClN3O2/c1-12-9-14(5-6-15(12)18)23-11-21-8-7-16(20-21)17(22)19-10-13-3-2-4-13/h5-9,13H,2-4,10-11H2,1H3,(H,19,22). The lowest BCUT2D eigenvalue weighted by atomic mass is 9.85. The van der Waals surface area contributed by atoms with E-state index in [1.54, 1.807) is 23.0 Å². The number of ether oxygens (including phenoxy) is 1. The van der Waals surface area contributed by atoms with Crippen LogP contribution in [0.25, 0.3) is 0 Å². The van der Waals surface area contributed by atoms with Crippen LogP contribution in [0.15, 0.2) is 30.5 Å². The molecule has 5 nitrogen and oxygen atoms in total. The van der Waals surface area contributed by atoms with Gasteiger partial charge in [-0.1, -0.05) is 18.0 Å². The van der Waals surface area contributed by atoms with Crippen molar-refractivity contribution in [3.8, 4) is 5.75 Å². The highest BCUT2D eigenvalue weighted by molar-refractivity contribution is 6.31. The third-order valence-corrected chi connectivity index (χ3v) is 4.57. The van der Waals surface area contributed by atoms with E-state index in [4.69, 9.17) is 16.3 Å². The Morgan fingerprint density at radius 3 is 2.96 bits per heavy atom. The Kier molecular flexibility index (Phi) is 4.86. The second-order valence-electron chi connectivity index (χ2n) is 5.93. The van der Waals surface area contributed by atoms with Crippen LogP contribution >= 0.6 is 11.6 Å². The maximum absolute atomic E-state index is 12.0. The number of nitrogens with one attached hydrogen (secondary N) is 1. The zero-order valence-electron chi connectivity index (χ0n) is 13.1. The highest BCUT2D eigenvalue weighted by atomic mass is 35.5. The van der Waals surface area contributed by atoms with Gasteiger partial charge in [0.1, 0.15) is 11.4 Å². The summed E-state index contributed by atoms with van der Waals surface area (Å²) in [6, 6.07) is 7.18. The first kappa shape index (κ1) is 15.9. The van der Waals surface area contributed by atoms with E-state index in [9.17, 15) is 4.79 Å². The number of rotatable bonds is 6. The zero-order chi connectivity index (χ0) is 16.2. The predicted octanol–water partition coefficient (Wildman–Crippen LogP) is 3.41. The van der Waals surface area contributed by atoms with Gasteiger partial charge >= 0.3 is 0 Å². The summed E-state index contributed by atoms with van der Waals surface area (Å²) < 4.78 is 7.26. The van der Waals surface area contributed by atoms with Crippen molar-refractivity contribution in [1.82, 2.24) is 15.1 Å². The number of aromatic nitrogens is 2. The Morgan fingerprint density at radius 1 is 1.43 bits per heavy atom. The minimum Gasteiger partial charge on any atom is -0.471 e. The molecule has 2 aromatic rings. The maximum Gasteiger partial charge on any atom is 0.271 e. The van der Waals surface area contributed by atoms with Gasteiger partial charge in [0.25, 0.3) is 5.91 Å². The fourth-order valence-electron chi connectivity index (χ4n) is 2.43. The molecule has 0 radical (unpaired) electrons. The van der Waals surface area contributed by atoms with Crippen molar-refractivity contribution in [3.05, 3.63) is 46.7 Å². The first-order chi connectivity index (χ1) is 11.1. The van der Waals surface area contributed by atoms with Crippen molar-refractivity contribution >= 4 is 17.5 Å². The number of halogens is 1. The number of carbonyl (C=O) groups is 1. The average molecular weight is 334 g/mol. The maximum atomic E-state index is 12.0. The van der Waals surface area contributed by atoms with E-state index in [0.29, 0.717) is 16.6 Å². The molecule has 1 amide bonds. The SMILES string of the molecule is Cc1cc(OCn2ccc(C(=O)NCC3CCC3)n2)ccc1Cl. The average Bonchev–Trinajstić information content (AvgIpc) is 2.96. The third-order valence-electron chi connectivity index (χ3n) is 4.14. The van der Waals surface area contributed by atoms with Crippen LogP contribution in [0.5, 0.6) is 5.75 Å². The van der Waals surface area contributed by atoms with Gasteiger partial charge < -0.3 is 10.1 Å². The number of hydrogen-bond donors (Lipinski definition) is 1. The van der Waals surface area contributed by atoms with Gasteiger partial charge in [-0.3, -0.25) is 4.79 Å². The van der Waals surface area contributed by atoms with Crippen molar-refractivity contribution in [2.75, 3.05) is 6.54 Å². The molecular formula is C17H20ClN3O2. The molecule has 1 N–H and O–H groups in total. The monoisotopic (exact) mass is 333 g/mol. The Morgan fingerprint density at radius 2 is 2.26 bits per heavy atom. The predicted molar refractivity (Wildman–Crippen MR) is 88.7 cm³/mol. The summed E-state index contributed by atoms with van der Waals surface area (Å²) in [7, 11) is 0. The Hall–Kier alpha value is -2.01. The summed E-state index contributed by atoms with van der Waals surface area (Å²) in [5.74, 6) is 1.23.